The highest BCUT2D eigenvalue weighted by molar-refractivity contribution is 7.80. The molecule has 0 amide bonds. The Morgan fingerprint density at radius 2 is 1.85 bits per heavy atom. The van der Waals surface area contributed by atoms with Crippen LogP contribution in [-0.2, 0) is 9.53 Å². The first-order valence-electron chi connectivity index (χ1n) is 9.32. The van der Waals surface area contributed by atoms with E-state index in [4.69, 9.17) is 17.0 Å². The van der Waals surface area contributed by atoms with Gasteiger partial charge >= 0.3 is 5.97 Å². The molecule has 142 valence electrons. The van der Waals surface area contributed by atoms with Gasteiger partial charge in [0.15, 0.2) is 5.11 Å². The average Bonchev–Trinajstić information content (AvgIpc) is 2.62. The van der Waals surface area contributed by atoms with Crippen molar-refractivity contribution < 1.29 is 9.53 Å². The normalized spacial score (nSPS) is 16.8. The molecule has 0 aliphatic carbocycles. The topological polar surface area (TPSA) is 53.6 Å². The highest BCUT2D eigenvalue weighted by Gasteiger charge is 2.30. The lowest BCUT2D eigenvalue weighted by Gasteiger charge is -2.30. The second kappa shape index (κ2) is 9.57. The fraction of sp³-hybridized carbons (Fsp3) is 0.500. The Morgan fingerprint density at radius 3 is 2.42 bits per heavy atom. The van der Waals surface area contributed by atoms with Crippen LogP contribution in [0, 0.1) is 0 Å². The summed E-state index contributed by atoms with van der Waals surface area (Å²) in [5, 5.41) is 6.77. The first-order valence-corrected chi connectivity index (χ1v) is 9.72. The van der Waals surface area contributed by atoms with Crippen LogP contribution in [0.25, 0.3) is 0 Å². The van der Waals surface area contributed by atoms with E-state index in [-0.39, 0.29) is 12.0 Å². The molecular weight excluding hydrogens is 346 g/mol. The summed E-state index contributed by atoms with van der Waals surface area (Å²) < 4.78 is 5.45. The van der Waals surface area contributed by atoms with Crippen molar-refractivity contribution in [3.05, 3.63) is 41.1 Å². The minimum Gasteiger partial charge on any atom is -0.462 e. The monoisotopic (exact) mass is 375 g/mol. The van der Waals surface area contributed by atoms with Crippen LogP contribution >= 0.6 is 12.2 Å². The summed E-state index contributed by atoms with van der Waals surface area (Å²) in [6, 6.07) is 7.97. The summed E-state index contributed by atoms with van der Waals surface area (Å²) in [6.45, 7) is 10.6. The fourth-order valence-electron chi connectivity index (χ4n) is 3.07. The highest BCUT2D eigenvalue weighted by atomic mass is 32.1. The van der Waals surface area contributed by atoms with Crippen LogP contribution in [-0.4, -0.2) is 30.8 Å². The first kappa shape index (κ1) is 20.2. The van der Waals surface area contributed by atoms with Crippen LogP contribution < -0.4 is 15.5 Å². The van der Waals surface area contributed by atoms with Crippen molar-refractivity contribution >= 4 is 29.0 Å². The molecule has 1 unspecified atom stereocenters. The van der Waals surface area contributed by atoms with E-state index in [2.05, 4.69) is 48.4 Å². The second-order valence-electron chi connectivity index (χ2n) is 6.32. The molecule has 0 saturated heterocycles. The summed E-state index contributed by atoms with van der Waals surface area (Å²) in [5.41, 5.74) is 3.49. The number of carbonyl (C=O) groups is 1. The molecule has 1 aromatic rings. The number of ether oxygens (including phenoxy) is 1. The van der Waals surface area contributed by atoms with Gasteiger partial charge in [0, 0.05) is 24.5 Å². The van der Waals surface area contributed by atoms with E-state index in [0.29, 0.717) is 17.3 Å². The molecule has 0 saturated carbocycles. The molecule has 5 nitrogen and oxygen atoms in total. The molecule has 2 N–H and O–H groups in total. The number of thiocarbonyl (C=S) groups is 1. The van der Waals surface area contributed by atoms with Crippen molar-refractivity contribution in [1.29, 1.82) is 0 Å². The third-order valence-electron chi connectivity index (χ3n) is 4.58. The zero-order valence-electron chi connectivity index (χ0n) is 16.1. The van der Waals surface area contributed by atoms with Crippen molar-refractivity contribution in [3.8, 4) is 0 Å². The maximum absolute atomic E-state index is 12.6. The molecule has 26 heavy (non-hydrogen) atoms. The summed E-state index contributed by atoms with van der Waals surface area (Å²) >= 11 is 5.29. The maximum Gasteiger partial charge on any atom is 0.338 e. The number of benzene rings is 1. The third-order valence-corrected chi connectivity index (χ3v) is 4.80. The standard InChI is InChI=1S/C20H29N3O2S/c1-5-8-13-25-19(24)17-14(4)21-20(26)22-18(17)15-9-11-16(12-10-15)23(6-2)7-3/h9-12,18H,5-8,13H2,1-4H3,(H2,21,22,26). The Kier molecular flexibility index (Phi) is 7.45. The van der Waals surface area contributed by atoms with Crippen LogP contribution in [0.3, 0.4) is 0 Å². The average molecular weight is 376 g/mol. The van der Waals surface area contributed by atoms with Gasteiger partial charge in [-0.15, -0.1) is 0 Å². The summed E-state index contributed by atoms with van der Waals surface area (Å²) in [6.07, 6.45) is 1.85. The van der Waals surface area contributed by atoms with Gasteiger partial charge in [-0.3, -0.25) is 0 Å². The second-order valence-corrected chi connectivity index (χ2v) is 6.73. The Hall–Kier alpha value is -2.08. The molecule has 1 atom stereocenters. The van der Waals surface area contributed by atoms with Crippen molar-refractivity contribution in [2.24, 2.45) is 0 Å². The lowest BCUT2D eigenvalue weighted by atomic mass is 9.95. The van der Waals surface area contributed by atoms with Crippen molar-refractivity contribution in [1.82, 2.24) is 10.6 Å². The maximum atomic E-state index is 12.6. The minimum absolute atomic E-state index is 0.295. The molecule has 0 radical (unpaired) electrons. The predicted octanol–water partition coefficient (Wildman–Crippen LogP) is 3.67. The smallest absolute Gasteiger partial charge is 0.338 e. The lowest BCUT2D eigenvalue weighted by molar-refractivity contribution is -0.139. The third kappa shape index (κ3) is 4.75. The van der Waals surface area contributed by atoms with Crippen LogP contribution in [0.5, 0.6) is 0 Å². The largest absolute Gasteiger partial charge is 0.462 e. The molecule has 0 aromatic heterocycles. The number of unbranched alkanes of at least 4 members (excludes halogenated alkanes) is 1. The number of allylic oxidation sites excluding steroid dienone is 1. The summed E-state index contributed by atoms with van der Waals surface area (Å²) in [5.74, 6) is -0.295. The van der Waals surface area contributed by atoms with Gasteiger partial charge in [0.1, 0.15) is 0 Å². The van der Waals surface area contributed by atoms with Crippen LogP contribution in [0.1, 0.15) is 52.1 Å². The van der Waals surface area contributed by atoms with Gasteiger partial charge < -0.3 is 20.3 Å². The van der Waals surface area contributed by atoms with E-state index >= 15 is 0 Å². The van der Waals surface area contributed by atoms with Gasteiger partial charge in [-0.2, -0.15) is 0 Å². The predicted molar refractivity (Wildman–Crippen MR) is 110 cm³/mol. The molecule has 1 aliphatic heterocycles. The Labute approximate surface area is 161 Å². The molecular formula is C20H29N3O2S. The number of hydrogen-bond donors (Lipinski definition) is 2. The van der Waals surface area contributed by atoms with E-state index in [1.54, 1.807) is 0 Å². The molecule has 6 heteroatoms. The number of hydrogen-bond acceptors (Lipinski definition) is 4. The Morgan fingerprint density at radius 1 is 1.19 bits per heavy atom. The van der Waals surface area contributed by atoms with Crippen LogP contribution in [0.15, 0.2) is 35.5 Å². The zero-order valence-corrected chi connectivity index (χ0v) is 16.9. The molecule has 0 fully saturated rings. The number of rotatable bonds is 8. The minimum atomic E-state index is -0.302. The van der Waals surface area contributed by atoms with E-state index < -0.39 is 0 Å². The number of nitrogens with zero attached hydrogens (tertiary/aromatic N) is 1. The van der Waals surface area contributed by atoms with Crippen molar-refractivity contribution in [2.75, 3.05) is 24.6 Å². The number of carbonyl (C=O) groups excluding carboxylic acids is 1. The van der Waals surface area contributed by atoms with Gasteiger partial charge in [-0.05, 0) is 57.1 Å². The Balaban J connectivity index is 2.27. The number of nitrogens with one attached hydrogen (secondary N) is 2. The highest BCUT2D eigenvalue weighted by Crippen LogP contribution is 2.29. The Bertz CT molecular complexity index is 666. The molecule has 0 bridgehead atoms. The lowest BCUT2D eigenvalue weighted by Crippen LogP contribution is -2.45. The molecule has 0 spiro atoms. The van der Waals surface area contributed by atoms with Gasteiger partial charge in [0.25, 0.3) is 0 Å². The summed E-state index contributed by atoms with van der Waals surface area (Å²) in [7, 11) is 0. The molecule has 2 rings (SSSR count). The van der Waals surface area contributed by atoms with Crippen molar-refractivity contribution in [3.63, 3.8) is 0 Å². The van der Waals surface area contributed by atoms with Crippen LogP contribution in [0.4, 0.5) is 5.69 Å². The number of esters is 1. The summed E-state index contributed by atoms with van der Waals surface area (Å²) in [4.78, 5) is 14.9. The first-order chi connectivity index (χ1) is 12.5. The van der Waals surface area contributed by atoms with E-state index in [1.165, 1.54) is 5.69 Å². The van der Waals surface area contributed by atoms with Gasteiger partial charge in [-0.25, -0.2) is 4.79 Å². The fourth-order valence-corrected chi connectivity index (χ4v) is 3.34. The SMILES string of the molecule is CCCCOC(=O)C1=C(C)NC(=S)NC1c1ccc(N(CC)CC)cc1. The quantitative estimate of drug-likeness (QED) is 0.411. The number of anilines is 1. The van der Waals surface area contributed by atoms with E-state index in [1.807, 2.05) is 19.1 Å². The van der Waals surface area contributed by atoms with Gasteiger partial charge in [0.2, 0.25) is 0 Å². The molecule has 1 aromatic carbocycles. The zero-order chi connectivity index (χ0) is 19.1. The van der Waals surface area contributed by atoms with E-state index in [9.17, 15) is 4.79 Å². The molecule has 1 aliphatic rings. The molecule has 1 heterocycles. The van der Waals surface area contributed by atoms with Crippen molar-refractivity contribution in [2.45, 2.75) is 46.6 Å². The van der Waals surface area contributed by atoms with E-state index in [0.717, 1.165) is 37.2 Å². The van der Waals surface area contributed by atoms with Crippen LogP contribution in [0.2, 0.25) is 0 Å². The van der Waals surface area contributed by atoms with Gasteiger partial charge in [0.05, 0.1) is 18.2 Å². The van der Waals surface area contributed by atoms with Gasteiger partial charge in [-0.1, -0.05) is 25.5 Å².